The molecule has 3 nitrogen and oxygen atoms in total. The Kier molecular flexibility index (Phi) is 4.43. The van der Waals surface area contributed by atoms with Crippen molar-refractivity contribution in [2.75, 3.05) is 13.1 Å². The summed E-state index contributed by atoms with van der Waals surface area (Å²) in [6, 6.07) is 7.57. The standard InChI is InChI=1S/C10H13ClN2O/c11-9-3-1-2-8(6-9)4-5-13-10(14)7-12/h1-3,6H,4-5,7,12H2,(H,13,14). The van der Waals surface area contributed by atoms with E-state index in [0.717, 1.165) is 12.0 Å². The highest BCUT2D eigenvalue weighted by molar-refractivity contribution is 6.30. The molecule has 0 aliphatic rings. The minimum Gasteiger partial charge on any atom is -0.355 e. The first-order valence-corrected chi connectivity index (χ1v) is 4.81. The molecule has 0 aliphatic heterocycles. The number of carbonyl (C=O) groups excluding carboxylic acids is 1. The van der Waals surface area contributed by atoms with Gasteiger partial charge >= 0.3 is 0 Å². The van der Waals surface area contributed by atoms with Crippen LogP contribution in [0.15, 0.2) is 24.3 Å². The highest BCUT2D eigenvalue weighted by Gasteiger charge is 1.97. The SMILES string of the molecule is NCC(=O)NCCc1cccc(Cl)c1. The Labute approximate surface area is 88.2 Å². The highest BCUT2D eigenvalue weighted by atomic mass is 35.5. The Balaban J connectivity index is 2.35. The summed E-state index contributed by atoms with van der Waals surface area (Å²) in [5, 5.41) is 3.41. The van der Waals surface area contributed by atoms with Gasteiger partial charge in [0.1, 0.15) is 0 Å². The van der Waals surface area contributed by atoms with E-state index in [9.17, 15) is 4.79 Å². The molecule has 0 aliphatic carbocycles. The van der Waals surface area contributed by atoms with Gasteiger partial charge in [0.25, 0.3) is 0 Å². The summed E-state index contributed by atoms with van der Waals surface area (Å²) in [4.78, 5) is 10.8. The van der Waals surface area contributed by atoms with Crippen LogP contribution < -0.4 is 11.1 Å². The molecule has 4 heteroatoms. The van der Waals surface area contributed by atoms with E-state index in [1.807, 2.05) is 24.3 Å². The lowest BCUT2D eigenvalue weighted by molar-refractivity contribution is -0.119. The van der Waals surface area contributed by atoms with Crippen LogP contribution in [0.2, 0.25) is 5.02 Å². The molecule has 1 amide bonds. The van der Waals surface area contributed by atoms with E-state index in [-0.39, 0.29) is 12.5 Å². The van der Waals surface area contributed by atoms with Gasteiger partial charge in [-0.3, -0.25) is 4.79 Å². The Morgan fingerprint density at radius 3 is 2.93 bits per heavy atom. The van der Waals surface area contributed by atoms with Crippen molar-refractivity contribution < 1.29 is 4.79 Å². The van der Waals surface area contributed by atoms with E-state index < -0.39 is 0 Å². The van der Waals surface area contributed by atoms with Gasteiger partial charge in [0.05, 0.1) is 6.54 Å². The summed E-state index contributed by atoms with van der Waals surface area (Å²) < 4.78 is 0. The average Bonchev–Trinajstić information content (AvgIpc) is 2.17. The quantitative estimate of drug-likeness (QED) is 0.781. The molecule has 1 aromatic rings. The molecule has 0 bridgehead atoms. The third-order valence-electron chi connectivity index (χ3n) is 1.81. The zero-order valence-electron chi connectivity index (χ0n) is 7.79. The second-order valence-corrected chi connectivity index (χ2v) is 3.37. The van der Waals surface area contributed by atoms with Gasteiger partial charge in [-0.2, -0.15) is 0 Å². The predicted molar refractivity (Wildman–Crippen MR) is 57.2 cm³/mol. The first-order valence-electron chi connectivity index (χ1n) is 4.43. The zero-order chi connectivity index (χ0) is 10.4. The summed E-state index contributed by atoms with van der Waals surface area (Å²) >= 11 is 5.81. The molecule has 0 atom stereocenters. The van der Waals surface area contributed by atoms with Crippen LogP contribution in [-0.4, -0.2) is 19.0 Å². The van der Waals surface area contributed by atoms with E-state index >= 15 is 0 Å². The number of hydrogen-bond donors (Lipinski definition) is 2. The number of rotatable bonds is 4. The fourth-order valence-corrected chi connectivity index (χ4v) is 1.32. The van der Waals surface area contributed by atoms with Crippen molar-refractivity contribution in [2.45, 2.75) is 6.42 Å². The summed E-state index contributed by atoms with van der Waals surface area (Å²) in [6.07, 6.45) is 0.770. The van der Waals surface area contributed by atoms with Crippen molar-refractivity contribution in [2.24, 2.45) is 5.73 Å². The molecule has 0 saturated heterocycles. The molecule has 0 radical (unpaired) electrons. The van der Waals surface area contributed by atoms with E-state index in [0.29, 0.717) is 11.6 Å². The number of hydrogen-bond acceptors (Lipinski definition) is 2. The van der Waals surface area contributed by atoms with Crippen molar-refractivity contribution in [1.82, 2.24) is 5.32 Å². The fourth-order valence-electron chi connectivity index (χ4n) is 1.11. The van der Waals surface area contributed by atoms with Crippen LogP contribution >= 0.6 is 11.6 Å². The minimum atomic E-state index is -0.132. The molecule has 0 fully saturated rings. The van der Waals surface area contributed by atoms with E-state index in [2.05, 4.69) is 5.32 Å². The number of benzene rings is 1. The van der Waals surface area contributed by atoms with Gasteiger partial charge in [-0.05, 0) is 24.1 Å². The summed E-state index contributed by atoms with van der Waals surface area (Å²) in [7, 11) is 0. The molecule has 76 valence electrons. The first-order chi connectivity index (χ1) is 6.72. The smallest absolute Gasteiger partial charge is 0.233 e. The average molecular weight is 213 g/mol. The van der Waals surface area contributed by atoms with Crippen molar-refractivity contribution in [3.05, 3.63) is 34.9 Å². The third-order valence-corrected chi connectivity index (χ3v) is 2.05. The Morgan fingerprint density at radius 2 is 2.29 bits per heavy atom. The van der Waals surface area contributed by atoms with Crippen molar-refractivity contribution in [3.63, 3.8) is 0 Å². The summed E-state index contributed by atoms with van der Waals surface area (Å²) in [5.74, 6) is -0.132. The fraction of sp³-hybridized carbons (Fsp3) is 0.300. The highest BCUT2D eigenvalue weighted by Crippen LogP contribution is 2.10. The molecule has 3 N–H and O–H groups in total. The van der Waals surface area contributed by atoms with Gasteiger partial charge in [-0.25, -0.2) is 0 Å². The van der Waals surface area contributed by atoms with Gasteiger partial charge in [0, 0.05) is 11.6 Å². The molecule has 1 rings (SSSR count). The van der Waals surface area contributed by atoms with Crippen LogP contribution in [0, 0.1) is 0 Å². The second kappa shape index (κ2) is 5.62. The molecular formula is C10H13ClN2O. The third kappa shape index (κ3) is 3.77. The number of carbonyl (C=O) groups is 1. The lowest BCUT2D eigenvalue weighted by atomic mass is 10.1. The second-order valence-electron chi connectivity index (χ2n) is 2.93. The zero-order valence-corrected chi connectivity index (χ0v) is 8.55. The Hall–Kier alpha value is -1.06. The number of nitrogens with one attached hydrogen (secondary N) is 1. The molecule has 0 spiro atoms. The monoisotopic (exact) mass is 212 g/mol. The molecule has 0 unspecified atom stereocenters. The van der Waals surface area contributed by atoms with Crippen molar-refractivity contribution >= 4 is 17.5 Å². The van der Waals surface area contributed by atoms with Gasteiger partial charge < -0.3 is 11.1 Å². The maximum Gasteiger partial charge on any atom is 0.233 e. The van der Waals surface area contributed by atoms with Crippen molar-refractivity contribution in [3.8, 4) is 0 Å². The van der Waals surface area contributed by atoms with Gasteiger partial charge in [0.2, 0.25) is 5.91 Å². The predicted octanol–water partition coefficient (Wildman–Crippen LogP) is 0.957. The van der Waals surface area contributed by atoms with E-state index in [1.165, 1.54) is 0 Å². The van der Waals surface area contributed by atoms with Crippen LogP contribution in [0.3, 0.4) is 0 Å². The van der Waals surface area contributed by atoms with Crippen LogP contribution in [0.25, 0.3) is 0 Å². The maximum absolute atomic E-state index is 10.8. The lowest BCUT2D eigenvalue weighted by Crippen LogP contribution is -2.31. The minimum absolute atomic E-state index is 0.0372. The van der Waals surface area contributed by atoms with Gasteiger partial charge in [-0.15, -0.1) is 0 Å². The summed E-state index contributed by atoms with van der Waals surface area (Å²) in [5.41, 5.74) is 6.25. The lowest BCUT2D eigenvalue weighted by Gasteiger charge is -2.03. The Bertz CT molecular complexity index is 315. The van der Waals surface area contributed by atoms with Gasteiger partial charge in [0.15, 0.2) is 0 Å². The van der Waals surface area contributed by atoms with Gasteiger partial charge in [-0.1, -0.05) is 23.7 Å². The Morgan fingerprint density at radius 1 is 1.50 bits per heavy atom. The first kappa shape index (κ1) is 11.0. The summed E-state index contributed by atoms with van der Waals surface area (Å²) in [6.45, 7) is 0.631. The van der Waals surface area contributed by atoms with Crippen LogP contribution in [0.1, 0.15) is 5.56 Å². The van der Waals surface area contributed by atoms with Crippen LogP contribution in [0.4, 0.5) is 0 Å². The number of halogens is 1. The normalized spacial score (nSPS) is 9.86. The van der Waals surface area contributed by atoms with E-state index in [1.54, 1.807) is 0 Å². The van der Waals surface area contributed by atoms with Crippen molar-refractivity contribution in [1.29, 1.82) is 0 Å². The molecule has 0 heterocycles. The van der Waals surface area contributed by atoms with Crippen LogP contribution in [0.5, 0.6) is 0 Å². The maximum atomic E-state index is 10.8. The molecule has 0 aromatic heterocycles. The number of nitrogens with two attached hydrogens (primary N) is 1. The molecular weight excluding hydrogens is 200 g/mol. The topological polar surface area (TPSA) is 55.1 Å². The van der Waals surface area contributed by atoms with E-state index in [4.69, 9.17) is 17.3 Å². The largest absolute Gasteiger partial charge is 0.355 e. The number of amides is 1. The molecule has 1 aromatic carbocycles. The van der Waals surface area contributed by atoms with Crippen LogP contribution in [-0.2, 0) is 11.2 Å². The molecule has 14 heavy (non-hydrogen) atoms. The molecule has 0 saturated carbocycles.